The molecule has 0 unspecified atom stereocenters. The van der Waals surface area contributed by atoms with E-state index in [1.807, 2.05) is 0 Å². The van der Waals surface area contributed by atoms with E-state index in [0.717, 1.165) is 19.2 Å². The lowest BCUT2D eigenvalue weighted by molar-refractivity contribution is -0.385. The molecule has 30 heavy (non-hydrogen) atoms. The summed E-state index contributed by atoms with van der Waals surface area (Å²) in [4.78, 5) is 31.9. The molecular weight excluding hydrogens is 400 g/mol. The number of carbonyl (C=O) groups excluding carboxylic acids is 2. The number of carbonyl (C=O) groups is 2. The van der Waals surface area contributed by atoms with Gasteiger partial charge in [-0.2, -0.15) is 10.5 Å². The normalized spacial score (nSPS) is 9.20. The molecule has 12 nitrogen and oxygen atoms in total. The Morgan fingerprint density at radius 1 is 0.967 bits per heavy atom. The third-order valence-corrected chi connectivity index (χ3v) is 3.51. The van der Waals surface area contributed by atoms with E-state index in [4.69, 9.17) is 16.3 Å². The fraction of sp³-hybridized carbons (Fsp3) is 0.111. The van der Waals surface area contributed by atoms with Crippen molar-refractivity contribution >= 4 is 23.3 Å². The van der Waals surface area contributed by atoms with Crippen LogP contribution in [0.15, 0.2) is 24.3 Å². The average molecular weight is 414 g/mol. The number of nitrogen functional groups attached to an aromatic ring is 1. The van der Waals surface area contributed by atoms with Crippen LogP contribution >= 0.6 is 0 Å². The molecule has 154 valence electrons. The molecule has 0 fully saturated rings. The highest BCUT2D eigenvalue weighted by Gasteiger charge is 2.22. The Hall–Kier alpha value is -4.84. The number of hydrogen-bond acceptors (Lipinski definition) is 11. The van der Waals surface area contributed by atoms with E-state index >= 15 is 0 Å². The molecule has 2 rings (SSSR count). The van der Waals surface area contributed by atoms with Crippen LogP contribution in [-0.4, -0.2) is 41.3 Å². The summed E-state index contributed by atoms with van der Waals surface area (Å²) in [6.45, 7) is 0. The molecule has 0 spiro atoms. The third-order valence-electron chi connectivity index (χ3n) is 3.51. The molecule has 0 aliphatic rings. The first-order valence-electron chi connectivity index (χ1n) is 7.71. The second-order valence-electron chi connectivity index (χ2n) is 5.32. The van der Waals surface area contributed by atoms with Gasteiger partial charge >= 0.3 is 17.6 Å². The van der Waals surface area contributed by atoms with Crippen molar-refractivity contribution in [3.63, 3.8) is 0 Å². The van der Waals surface area contributed by atoms with Crippen LogP contribution in [0, 0.1) is 32.8 Å². The van der Waals surface area contributed by atoms with E-state index in [1.165, 1.54) is 19.2 Å². The zero-order valence-corrected chi connectivity index (χ0v) is 15.6. The van der Waals surface area contributed by atoms with E-state index in [9.17, 15) is 29.9 Å². The molecule has 0 heterocycles. The first-order valence-corrected chi connectivity index (χ1v) is 7.71. The largest absolute Gasteiger partial charge is 0.504 e. The number of esters is 2. The number of phenolic OH excluding ortho intramolecular Hbond substituents is 2. The topological polar surface area (TPSA) is 210 Å². The molecule has 0 amide bonds. The summed E-state index contributed by atoms with van der Waals surface area (Å²) in [5, 5.41) is 46.4. The summed E-state index contributed by atoms with van der Waals surface area (Å²) in [5.74, 6) is -2.51. The molecule has 0 aromatic heterocycles. The number of nitro groups is 1. The molecule has 2 aromatic carbocycles. The van der Waals surface area contributed by atoms with Crippen LogP contribution in [0.25, 0.3) is 0 Å². The number of methoxy groups -OCH3 is 2. The van der Waals surface area contributed by atoms with Crippen molar-refractivity contribution < 1.29 is 34.2 Å². The van der Waals surface area contributed by atoms with Gasteiger partial charge in [0.05, 0.1) is 41.5 Å². The summed E-state index contributed by atoms with van der Waals surface area (Å²) < 4.78 is 8.80. The standard InChI is InChI=1S/C9H6N2O5.C9H8N2O3/c1-16-9(13)5-2-6(4-10)8(12)7(3-5)11(14)15;1-14-9(13)5-2-6(4-10)8(12)7(11)3-5/h2-3,12H,1H3;2-3,12H,11H2,1H3. The number of ether oxygens (including phenoxy) is 2. The molecular formula is C18H14N4O8. The van der Waals surface area contributed by atoms with Crippen molar-refractivity contribution in [3.8, 4) is 23.6 Å². The van der Waals surface area contributed by atoms with Crippen molar-refractivity contribution in [3.05, 3.63) is 56.6 Å². The number of anilines is 1. The first kappa shape index (κ1) is 23.2. The Bertz CT molecular complexity index is 1100. The lowest BCUT2D eigenvalue weighted by Gasteiger charge is -2.04. The molecule has 0 aliphatic carbocycles. The maximum atomic E-state index is 11.1. The highest BCUT2D eigenvalue weighted by molar-refractivity contribution is 5.92. The minimum atomic E-state index is -0.886. The number of nitrogens with two attached hydrogens (primary N) is 1. The highest BCUT2D eigenvalue weighted by Crippen LogP contribution is 2.31. The summed E-state index contributed by atoms with van der Waals surface area (Å²) in [7, 11) is 2.32. The molecule has 4 N–H and O–H groups in total. The van der Waals surface area contributed by atoms with Crippen LogP contribution in [0.5, 0.6) is 11.5 Å². The molecule has 0 bridgehead atoms. The van der Waals surface area contributed by atoms with E-state index in [0.29, 0.717) is 0 Å². The molecule has 0 aliphatic heterocycles. The Morgan fingerprint density at radius 2 is 1.40 bits per heavy atom. The Kier molecular flexibility index (Phi) is 7.66. The van der Waals surface area contributed by atoms with Crippen LogP contribution in [0.1, 0.15) is 31.8 Å². The van der Waals surface area contributed by atoms with Crippen molar-refractivity contribution in [1.82, 2.24) is 0 Å². The minimum Gasteiger partial charge on any atom is -0.504 e. The summed E-state index contributed by atoms with van der Waals surface area (Å²) in [5.41, 5.74) is 4.22. The van der Waals surface area contributed by atoms with Gasteiger partial charge in [-0.1, -0.05) is 0 Å². The molecule has 0 saturated heterocycles. The van der Waals surface area contributed by atoms with Gasteiger partial charge < -0.3 is 25.4 Å². The van der Waals surface area contributed by atoms with Crippen LogP contribution in [0.4, 0.5) is 11.4 Å². The Morgan fingerprint density at radius 3 is 1.80 bits per heavy atom. The van der Waals surface area contributed by atoms with Crippen LogP contribution in [0.3, 0.4) is 0 Å². The smallest absolute Gasteiger partial charge is 0.338 e. The van der Waals surface area contributed by atoms with E-state index in [1.54, 1.807) is 12.1 Å². The maximum absolute atomic E-state index is 11.1. The summed E-state index contributed by atoms with van der Waals surface area (Å²) in [6.07, 6.45) is 0. The fourth-order valence-corrected chi connectivity index (χ4v) is 2.06. The predicted octanol–water partition coefficient (Wildman–Crippen LogP) is 1.59. The van der Waals surface area contributed by atoms with E-state index < -0.39 is 28.3 Å². The zero-order chi connectivity index (χ0) is 23.0. The van der Waals surface area contributed by atoms with Crippen molar-refractivity contribution in [2.45, 2.75) is 0 Å². The number of rotatable bonds is 3. The number of nitrogens with zero attached hydrogens (tertiary/aromatic N) is 3. The second-order valence-corrected chi connectivity index (χ2v) is 5.32. The molecule has 0 saturated carbocycles. The molecule has 12 heteroatoms. The van der Waals surface area contributed by atoms with Gasteiger partial charge in [-0.25, -0.2) is 9.59 Å². The summed E-state index contributed by atoms with van der Waals surface area (Å²) >= 11 is 0. The number of nitro benzene ring substituents is 1. The minimum absolute atomic E-state index is 0.0237. The van der Waals surface area contributed by atoms with Gasteiger partial charge in [-0.15, -0.1) is 0 Å². The third kappa shape index (κ3) is 5.11. The quantitative estimate of drug-likeness (QED) is 0.216. The fourth-order valence-electron chi connectivity index (χ4n) is 2.06. The number of aromatic hydroxyl groups is 2. The highest BCUT2D eigenvalue weighted by atomic mass is 16.6. The van der Waals surface area contributed by atoms with E-state index in [-0.39, 0.29) is 33.7 Å². The van der Waals surface area contributed by atoms with Gasteiger partial charge in [0.2, 0.25) is 5.75 Å². The number of nitriles is 2. The summed E-state index contributed by atoms with van der Waals surface area (Å²) in [6, 6.07) is 7.61. The monoisotopic (exact) mass is 414 g/mol. The average Bonchev–Trinajstić information content (AvgIpc) is 2.74. The first-order chi connectivity index (χ1) is 14.1. The molecule has 0 radical (unpaired) electrons. The maximum Gasteiger partial charge on any atom is 0.338 e. The lowest BCUT2D eigenvalue weighted by atomic mass is 10.1. The zero-order valence-electron chi connectivity index (χ0n) is 15.6. The van der Waals surface area contributed by atoms with Crippen LogP contribution in [-0.2, 0) is 9.47 Å². The van der Waals surface area contributed by atoms with Gasteiger partial charge in [-0.3, -0.25) is 10.1 Å². The van der Waals surface area contributed by atoms with Gasteiger partial charge in [-0.05, 0) is 18.2 Å². The number of phenols is 2. The molecule has 2 aromatic rings. The number of hydrogen-bond donors (Lipinski definition) is 3. The Labute approximate surface area is 169 Å². The lowest BCUT2D eigenvalue weighted by Crippen LogP contribution is -2.03. The predicted molar refractivity (Wildman–Crippen MR) is 99.4 cm³/mol. The van der Waals surface area contributed by atoms with Gasteiger partial charge in [0.25, 0.3) is 0 Å². The Balaban J connectivity index is 0.000000303. The van der Waals surface area contributed by atoms with Crippen LogP contribution < -0.4 is 5.73 Å². The van der Waals surface area contributed by atoms with Gasteiger partial charge in [0, 0.05) is 6.07 Å². The molecule has 0 atom stereocenters. The van der Waals surface area contributed by atoms with Crippen LogP contribution in [0.2, 0.25) is 0 Å². The van der Waals surface area contributed by atoms with Crippen molar-refractivity contribution in [2.75, 3.05) is 20.0 Å². The SMILES string of the molecule is COC(=O)c1cc(C#N)c(O)c([N+](=O)[O-])c1.COC(=O)c1cc(N)c(O)c(C#N)c1. The second kappa shape index (κ2) is 9.91. The van der Waals surface area contributed by atoms with Gasteiger partial charge in [0.1, 0.15) is 17.7 Å². The van der Waals surface area contributed by atoms with E-state index in [2.05, 4.69) is 9.47 Å². The number of benzene rings is 2. The van der Waals surface area contributed by atoms with Crippen molar-refractivity contribution in [1.29, 1.82) is 10.5 Å². The van der Waals surface area contributed by atoms with Crippen molar-refractivity contribution in [2.24, 2.45) is 0 Å². The van der Waals surface area contributed by atoms with Gasteiger partial charge in [0.15, 0.2) is 5.75 Å².